The molecule has 1 unspecified atom stereocenters. The van der Waals surface area contributed by atoms with Gasteiger partial charge in [0.05, 0.1) is 16.1 Å². The van der Waals surface area contributed by atoms with Gasteiger partial charge in [-0.25, -0.2) is 0 Å². The number of carbonyl (C=O) groups is 1. The molecule has 0 aliphatic carbocycles. The number of nitrogens with zero attached hydrogens (tertiary/aromatic N) is 4. The number of methoxy groups -OCH3 is 1. The van der Waals surface area contributed by atoms with Crippen molar-refractivity contribution in [1.29, 1.82) is 0 Å². The third-order valence-electron chi connectivity index (χ3n) is 3.83. The maximum absolute atomic E-state index is 11.9. The first kappa shape index (κ1) is 15.1. The normalized spacial score (nSPS) is 17.9. The van der Waals surface area contributed by atoms with Crippen LogP contribution in [0, 0.1) is 5.92 Å². The second kappa shape index (κ2) is 6.93. The maximum atomic E-state index is 11.9. The number of aromatic nitrogens is 3. The third-order valence-corrected chi connectivity index (χ3v) is 4.61. The van der Waals surface area contributed by atoms with Gasteiger partial charge in [-0.05, 0) is 18.8 Å². The molecule has 1 fully saturated rings. The molecule has 3 heterocycles. The first-order valence-corrected chi connectivity index (χ1v) is 8.11. The standard InChI is InChI=1S/C15H18N4O2S/c1-21-9-14(20)19-5-2-11(8-19)6-12-15(18-4-3-17-12)13-7-16-10-22-13/h3-4,7,10-11H,2,5-6,8-9H2,1H3. The lowest BCUT2D eigenvalue weighted by molar-refractivity contribution is -0.134. The molecule has 0 bridgehead atoms. The van der Waals surface area contributed by atoms with E-state index in [0.717, 1.165) is 42.2 Å². The maximum Gasteiger partial charge on any atom is 0.248 e. The van der Waals surface area contributed by atoms with E-state index < -0.39 is 0 Å². The lowest BCUT2D eigenvalue weighted by Crippen LogP contribution is -2.31. The molecule has 7 heteroatoms. The van der Waals surface area contributed by atoms with E-state index in [1.165, 1.54) is 0 Å². The van der Waals surface area contributed by atoms with Crippen molar-refractivity contribution in [2.45, 2.75) is 12.8 Å². The third kappa shape index (κ3) is 3.31. The first-order valence-electron chi connectivity index (χ1n) is 7.23. The highest BCUT2D eigenvalue weighted by molar-refractivity contribution is 7.13. The molecule has 6 nitrogen and oxygen atoms in total. The molecule has 0 aromatic carbocycles. The summed E-state index contributed by atoms with van der Waals surface area (Å²) in [4.78, 5) is 27.8. The highest BCUT2D eigenvalue weighted by Crippen LogP contribution is 2.27. The highest BCUT2D eigenvalue weighted by Gasteiger charge is 2.27. The largest absolute Gasteiger partial charge is 0.375 e. The Labute approximate surface area is 133 Å². The molecule has 22 heavy (non-hydrogen) atoms. The van der Waals surface area contributed by atoms with Crippen molar-refractivity contribution in [3.05, 3.63) is 29.8 Å². The predicted molar refractivity (Wildman–Crippen MR) is 83.4 cm³/mol. The van der Waals surface area contributed by atoms with Gasteiger partial charge in [0, 0.05) is 38.8 Å². The van der Waals surface area contributed by atoms with Gasteiger partial charge in [-0.2, -0.15) is 0 Å². The SMILES string of the molecule is COCC(=O)N1CCC(Cc2nccnc2-c2cncs2)C1. The van der Waals surface area contributed by atoms with Crippen molar-refractivity contribution in [2.24, 2.45) is 5.92 Å². The molecular formula is C15H18N4O2S. The summed E-state index contributed by atoms with van der Waals surface area (Å²) in [5.41, 5.74) is 3.69. The van der Waals surface area contributed by atoms with Crippen LogP contribution in [0.5, 0.6) is 0 Å². The number of hydrogen-bond acceptors (Lipinski definition) is 6. The fourth-order valence-corrected chi connectivity index (χ4v) is 3.41. The summed E-state index contributed by atoms with van der Waals surface area (Å²) < 4.78 is 4.92. The van der Waals surface area contributed by atoms with Gasteiger partial charge >= 0.3 is 0 Å². The molecule has 1 atom stereocenters. The van der Waals surface area contributed by atoms with Crippen molar-refractivity contribution in [3.63, 3.8) is 0 Å². The van der Waals surface area contributed by atoms with Crippen molar-refractivity contribution in [2.75, 3.05) is 26.8 Å². The Morgan fingerprint density at radius 1 is 1.45 bits per heavy atom. The summed E-state index contributed by atoms with van der Waals surface area (Å²) in [6.45, 7) is 1.72. The van der Waals surface area contributed by atoms with Crippen LogP contribution in [0.1, 0.15) is 12.1 Å². The van der Waals surface area contributed by atoms with Crippen molar-refractivity contribution >= 4 is 17.2 Å². The van der Waals surface area contributed by atoms with Crippen LogP contribution in [0.2, 0.25) is 0 Å². The number of rotatable bonds is 5. The number of carbonyl (C=O) groups excluding carboxylic acids is 1. The van der Waals surface area contributed by atoms with Crippen LogP contribution >= 0.6 is 11.3 Å². The molecular weight excluding hydrogens is 300 g/mol. The number of thiazole rings is 1. The smallest absolute Gasteiger partial charge is 0.248 e. The van der Waals surface area contributed by atoms with E-state index in [2.05, 4.69) is 15.0 Å². The van der Waals surface area contributed by atoms with E-state index in [0.29, 0.717) is 5.92 Å². The molecule has 1 saturated heterocycles. The monoisotopic (exact) mass is 318 g/mol. The van der Waals surface area contributed by atoms with Gasteiger partial charge in [0.1, 0.15) is 12.3 Å². The molecule has 0 saturated carbocycles. The van der Waals surface area contributed by atoms with Gasteiger partial charge in [-0.3, -0.25) is 19.7 Å². The Hall–Kier alpha value is -1.86. The quantitative estimate of drug-likeness (QED) is 0.838. The fraction of sp³-hybridized carbons (Fsp3) is 0.467. The zero-order valence-corrected chi connectivity index (χ0v) is 13.3. The minimum atomic E-state index is 0.0619. The van der Waals surface area contributed by atoms with E-state index in [1.807, 2.05) is 11.1 Å². The summed E-state index contributed by atoms with van der Waals surface area (Å²) in [5, 5.41) is 0. The predicted octanol–water partition coefficient (Wildman–Crippen LogP) is 1.64. The van der Waals surface area contributed by atoms with E-state index in [1.54, 1.807) is 36.4 Å². The average molecular weight is 318 g/mol. The van der Waals surface area contributed by atoms with E-state index in [9.17, 15) is 4.79 Å². The van der Waals surface area contributed by atoms with Crippen LogP contribution in [0.15, 0.2) is 24.1 Å². The van der Waals surface area contributed by atoms with Gasteiger partial charge < -0.3 is 9.64 Å². The fourth-order valence-electron chi connectivity index (χ4n) is 2.77. The van der Waals surface area contributed by atoms with Gasteiger partial charge in [0.25, 0.3) is 0 Å². The van der Waals surface area contributed by atoms with Crippen LogP contribution in [0.3, 0.4) is 0 Å². The van der Waals surface area contributed by atoms with Crippen molar-refractivity contribution < 1.29 is 9.53 Å². The zero-order chi connectivity index (χ0) is 15.4. The summed E-state index contributed by atoms with van der Waals surface area (Å²) in [6, 6.07) is 0. The lowest BCUT2D eigenvalue weighted by Gasteiger charge is -2.16. The molecule has 1 aliphatic heterocycles. The van der Waals surface area contributed by atoms with Crippen LogP contribution < -0.4 is 0 Å². The minimum absolute atomic E-state index is 0.0619. The van der Waals surface area contributed by atoms with E-state index in [-0.39, 0.29) is 12.5 Å². The van der Waals surface area contributed by atoms with Crippen LogP contribution in [-0.2, 0) is 16.0 Å². The molecule has 116 valence electrons. The number of likely N-dealkylation sites (tertiary alicyclic amines) is 1. The molecule has 0 spiro atoms. The molecule has 3 rings (SSSR count). The average Bonchev–Trinajstić information content (AvgIpc) is 3.19. The highest BCUT2D eigenvalue weighted by atomic mass is 32.1. The van der Waals surface area contributed by atoms with Crippen LogP contribution in [-0.4, -0.2) is 52.6 Å². The molecule has 1 aliphatic rings. The molecule has 0 radical (unpaired) electrons. The Morgan fingerprint density at radius 2 is 2.32 bits per heavy atom. The second-order valence-corrected chi connectivity index (χ2v) is 6.24. The molecule has 0 N–H and O–H groups in total. The van der Waals surface area contributed by atoms with E-state index in [4.69, 9.17) is 4.74 Å². The number of ether oxygens (including phenoxy) is 1. The topological polar surface area (TPSA) is 68.2 Å². The van der Waals surface area contributed by atoms with Crippen molar-refractivity contribution in [3.8, 4) is 10.6 Å². The zero-order valence-electron chi connectivity index (χ0n) is 12.4. The summed E-state index contributed by atoms with van der Waals surface area (Å²) >= 11 is 1.57. The first-order chi connectivity index (χ1) is 10.8. The van der Waals surface area contributed by atoms with Crippen molar-refractivity contribution in [1.82, 2.24) is 19.9 Å². The lowest BCUT2D eigenvalue weighted by atomic mass is 10.0. The van der Waals surface area contributed by atoms with Gasteiger partial charge in [-0.15, -0.1) is 11.3 Å². The Morgan fingerprint density at radius 3 is 3.09 bits per heavy atom. The summed E-state index contributed by atoms with van der Waals surface area (Å²) in [7, 11) is 1.55. The van der Waals surface area contributed by atoms with Crippen LogP contribution in [0.4, 0.5) is 0 Å². The second-order valence-electron chi connectivity index (χ2n) is 5.35. The Kier molecular flexibility index (Phi) is 4.74. The molecule has 2 aromatic rings. The molecule has 1 amide bonds. The summed E-state index contributed by atoms with van der Waals surface area (Å²) in [6.07, 6.45) is 7.08. The molecule has 2 aromatic heterocycles. The van der Waals surface area contributed by atoms with Gasteiger partial charge in [-0.1, -0.05) is 0 Å². The Balaban J connectivity index is 1.69. The van der Waals surface area contributed by atoms with Gasteiger partial charge in [0.2, 0.25) is 5.91 Å². The Bertz CT molecular complexity index is 632. The summed E-state index contributed by atoms with van der Waals surface area (Å²) in [5.74, 6) is 0.482. The minimum Gasteiger partial charge on any atom is -0.375 e. The number of hydrogen-bond donors (Lipinski definition) is 0. The van der Waals surface area contributed by atoms with Gasteiger partial charge in [0.15, 0.2) is 0 Å². The van der Waals surface area contributed by atoms with E-state index >= 15 is 0 Å². The van der Waals surface area contributed by atoms with Crippen LogP contribution in [0.25, 0.3) is 10.6 Å². The number of amides is 1.